The molecule has 9 heteroatoms. The minimum absolute atomic E-state index is 0.0726. The monoisotopic (exact) mass is 586 g/mol. The Bertz CT molecular complexity index is 1690. The standard InChI is InChI=1S/C33H31FN2O5S/c1-22-18-23(2)20-27(19-22)35-33(38)32(25-9-4-3-5-10-25)41-31(37)21-30-29-11-7-6-8-24(29)16-17-36(30)42(39,40)28-14-12-26(34)13-15-28/h3-15,18-20,30,32H,16-17,21H2,1-2H3,(H,35,38). The van der Waals surface area contributed by atoms with E-state index in [1.165, 1.54) is 16.4 Å². The van der Waals surface area contributed by atoms with Gasteiger partial charge in [-0.25, -0.2) is 12.8 Å². The summed E-state index contributed by atoms with van der Waals surface area (Å²) in [5.41, 5.74) is 4.60. The van der Waals surface area contributed by atoms with E-state index in [4.69, 9.17) is 4.74 Å². The predicted molar refractivity (Wildman–Crippen MR) is 158 cm³/mol. The summed E-state index contributed by atoms with van der Waals surface area (Å²) >= 11 is 0. The number of fused-ring (bicyclic) bond motifs is 1. The molecule has 0 bridgehead atoms. The number of carbonyl (C=O) groups is 2. The molecule has 0 fully saturated rings. The smallest absolute Gasteiger partial charge is 0.308 e. The number of nitrogens with one attached hydrogen (secondary N) is 1. The van der Waals surface area contributed by atoms with Crippen molar-refractivity contribution in [3.05, 3.63) is 131 Å². The molecule has 1 amide bonds. The molecule has 5 rings (SSSR count). The molecule has 2 unspecified atom stereocenters. The van der Waals surface area contributed by atoms with Gasteiger partial charge in [-0.05, 0) is 78.9 Å². The molecule has 1 aliphatic rings. The van der Waals surface area contributed by atoms with Crippen molar-refractivity contribution in [2.45, 2.75) is 43.7 Å². The Labute approximate surface area is 245 Å². The summed E-state index contributed by atoms with van der Waals surface area (Å²) in [7, 11) is -4.08. The van der Waals surface area contributed by atoms with Crippen LogP contribution in [0, 0.1) is 19.7 Å². The molecule has 0 saturated carbocycles. The Kier molecular flexibility index (Phi) is 8.51. The van der Waals surface area contributed by atoms with Crippen LogP contribution in [0.25, 0.3) is 0 Å². The van der Waals surface area contributed by atoms with Crippen molar-refractivity contribution in [1.82, 2.24) is 4.31 Å². The van der Waals surface area contributed by atoms with Gasteiger partial charge in [-0.3, -0.25) is 9.59 Å². The molecule has 4 aromatic rings. The summed E-state index contributed by atoms with van der Waals surface area (Å²) in [6.45, 7) is 3.97. The van der Waals surface area contributed by atoms with Gasteiger partial charge in [-0.2, -0.15) is 4.31 Å². The van der Waals surface area contributed by atoms with E-state index in [2.05, 4.69) is 5.32 Å². The maximum Gasteiger partial charge on any atom is 0.308 e. The summed E-state index contributed by atoms with van der Waals surface area (Å²) in [4.78, 5) is 27.0. The number of sulfonamides is 1. The lowest BCUT2D eigenvalue weighted by Gasteiger charge is -2.36. The van der Waals surface area contributed by atoms with Crippen molar-refractivity contribution in [3.63, 3.8) is 0 Å². The lowest BCUT2D eigenvalue weighted by molar-refractivity contribution is -0.155. The molecule has 42 heavy (non-hydrogen) atoms. The first-order valence-electron chi connectivity index (χ1n) is 13.6. The van der Waals surface area contributed by atoms with E-state index in [0.717, 1.165) is 28.8 Å². The Morgan fingerprint density at radius 2 is 1.57 bits per heavy atom. The highest BCUT2D eigenvalue weighted by Gasteiger charge is 2.38. The van der Waals surface area contributed by atoms with Crippen molar-refractivity contribution >= 4 is 27.6 Å². The molecular weight excluding hydrogens is 555 g/mol. The fraction of sp³-hybridized carbons (Fsp3) is 0.212. The van der Waals surface area contributed by atoms with Gasteiger partial charge in [0, 0.05) is 17.8 Å². The average Bonchev–Trinajstić information content (AvgIpc) is 2.96. The number of hydrogen-bond acceptors (Lipinski definition) is 5. The Hall–Kier alpha value is -4.34. The zero-order valence-corrected chi connectivity index (χ0v) is 24.1. The van der Waals surface area contributed by atoms with Crippen LogP contribution in [0.15, 0.2) is 102 Å². The highest BCUT2D eigenvalue weighted by atomic mass is 32.2. The fourth-order valence-corrected chi connectivity index (χ4v) is 6.97. The first-order valence-corrected chi connectivity index (χ1v) is 15.0. The molecule has 0 aliphatic carbocycles. The van der Waals surface area contributed by atoms with Gasteiger partial charge >= 0.3 is 5.97 Å². The van der Waals surface area contributed by atoms with Gasteiger partial charge in [-0.15, -0.1) is 0 Å². The minimum Gasteiger partial charge on any atom is -0.447 e. The molecule has 1 heterocycles. The quantitative estimate of drug-likeness (QED) is 0.254. The summed E-state index contributed by atoms with van der Waals surface area (Å²) in [6, 6.07) is 25.4. The first kappa shape index (κ1) is 29.2. The normalized spacial score (nSPS) is 15.8. The molecule has 0 spiro atoms. The summed E-state index contributed by atoms with van der Waals surface area (Å²) in [5, 5.41) is 2.85. The van der Waals surface area contributed by atoms with E-state index in [0.29, 0.717) is 23.2 Å². The largest absolute Gasteiger partial charge is 0.447 e. The van der Waals surface area contributed by atoms with E-state index in [1.54, 1.807) is 42.5 Å². The van der Waals surface area contributed by atoms with Crippen LogP contribution in [0.5, 0.6) is 0 Å². The maximum atomic E-state index is 13.7. The van der Waals surface area contributed by atoms with Gasteiger partial charge in [-0.1, -0.05) is 60.7 Å². The predicted octanol–water partition coefficient (Wildman–Crippen LogP) is 6.04. The highest BCUT2D eigenvalue weighted by molar-refractivity contribution is 7.89. The third-order valence-corrected chi connectivity index (χ3v) is 9.14. The van der Waals surface area contributed by atoms with Gasteiger partial charge in [0.1, 0.15) is 5.82 Å². The lowest BCUT2D eigenvalue weighted by atomic mass is 9.92. The van der Waals surface area contributed by atoms with Gasteiger partial charge < -0.3 is 10.1 Å². The van der Waals surface area contributed by atoms with Crippen molar-refractivity contribution in [3.8, 4) is 0 Å². The number of amides is 1. The third-order valence-electron chi connectivity index (χ3n) is 7.22. The van der Waals surface area contributed by atoms with E-state index < -0.39 is 39.9 Å². The average molecular weight is 587 g/mol. The van der Waals surface area contributed by atoms with Crippen LogP contribution in [-0.4, -0.2) is 31.1 Å². The second-order valence-electron chi connectivity index (χ2n) is 10.4. The van der Waals surface area contributed by atoms with Crippen LogP contribution >= 0.6 is 0 Å². The molecule has 2 atom stereocenters. The molecular formula is C33H31FN2O5S. The number of hydrogen-bond donors (Lipinski definition) is 1. The highest BCUT2D eigenvalue weighted by Crippen LogP contribution is 2.37. The van der Waals surface area contributed by atoms with E-state index in [-0.39, 0.29) is 17.9 Å². The number of rotatable bonds is 8. The zero-order valence-electron chi connectivity index (χ0n) is 23.3. The maximum absolute atomic E-state index is 13.7. The first-order chi connectivity index (χ1) is 20.1. The van der Waals surface area contributed by atoms with Gasteiger partial charge in [0.2, 0.25) is 16.1 Å². The van der Waals surface area contributed by atoms with Crippen LogP contribution in [-0.2, 0) is 30.8 Å². The number of ether oxygens (including phenoxy) is 1. The van der Waals surface area contributed by atoms with Crippen molar-refractivity contribution in [1.29, 1.82) is 0 Å². The molecule has 1 N–H and O–H groups in total. The van der Waals surface area contributed by atoms with Crippen LogP contribution in [0.2, 0.25) is 0 Å². The van der Waals surface area contributed by atoms with Crippen LogP contribution in [0.1, 0.15) is 46.4 Å². The van der Waals surface area contributed by atoms with Gasteiger partial charge in [0.05, 0.1) is 17.4 Å². The second kappa shape index (κ2) is 12.3. The van der Waals surface area contributed by atoms with Crippen molar-refractivity contribution < 1.29 is 27.1 Å². The number of benzene rings is 4. The van der Waals surface area contributed by atoms with E-state index >= 15 is 0 Å². The topological polar surface area (TPSA) is 92.8 Å². The number of halogens is 1. The number of anilines is 1. The number of aryl methyl sites for hydroxylation is 2. The molecule has 0 saturated heterocycles. The third kappa shape index (κ3) is 6.42. The molecule has 0 aromatic heterocycles. The molecule has 4 aromatic carbocycles. The Morgan fingerprint density at radius 3 is 2.26 bits per heavy atom. The minimum atomic E-state index is -4.08. The number of carbonyl (C=O) groups excluding carboxylic acids is 2. The van der Waals surface area contributed by atoms with E-state index in [1.807, 2.05) is 44.2 Å². The summed E-state index contributed by atoms with van der Waals surface area (Å²) < 4.78 is 48.0. The fourth-order valence-electron chi connectivity index (χ4n) is 5.36. The molecule has 216 valence electrons. The summed E-state index contributed by atoms with van der Waals surface area (Å²) in [5.74, 6) is -1.82. The molecule has 0 radical (unpaired) electrons. The van der Waals surface area contributed by atoms with Crippen LogP contribution in [0.3, 0.4) is 0 Å². The number of nitrogens with zero attached hydrogens (tertiary/aromatic N) is 1. The zero-order chi connectivity index (χ0) is 29.9. The molecule has 1 aliphatic heterocycles. The second-order valence-corrected chi connectivity index (χ2v) is 12.3. The summed E-state index contributed by atoms with van der Waals surface area (Å²) in [6.07, 6.45) is -1.13. The molecule has 7 nitrogen and oxygen atoms in total. The van der Waals surface area contributed by atoms with Gasteiger partial charge in [0.15, 0.2) is 0 Å². The van der Waals surface area contributed by atoms with Crippen LogP contribution in [0.4, 0.5) is 10.1 Å². The van der Waals surface area contributed by atoms with Gasteiger partial charge in [0.25, 0.3) is 5.91 Å². The Morgan fingerprint density at radius 1 is 0.929 bits per heavy atom. The van der Waals surface area contributed by atoms with Crippen molar-refractivity contribution in [2.75, 3.05) is 11.9 Å². The Balaban J connectivity index is 1.44. The lowest BCUT2D eigenvalue weighted by Crippen LogP contribution is -2.41. The number of esters is 1. The SMILES string of the molecule is Cc1cc(C)cc(NC(=O)C(OC(=O)CC2c3ccccc3CCN2S(=O)(=O)c2ccc(F)cc2)c2ccccc2)c1. The van der Waals surface area contributed by atoms with Crippen LogP contribution < -0.4 is 5.32 Å². The van der Waals surface area contributed by atoms with E-state index in [9.17, 15) is 22.4 Å². The van der Waals surface area contributed by atoms with Crippen molar-refractivity contribution in [2.24, 2.45) is 0 Å².